The first-order chi connectivity index (χ1) is 9.21. The number of rotatable bonds is 4. The van der Waals surface area contributed by atoms with Crippen molar-refractivity contribution in [1.82, 2.24) is 0 Å². The number of carbonyl (C=O) groups excluding carboxylic acids is 2. The molecule has 0 unspecified atom stereocenters. The first-order valence-corrected chi connectivity index (χ1v) is 7.63. The minimum absolute atomic E-state index is 0.0317. The molecule has 3 fully saturated rings. The van der Waals surface area contributed by atoms with Gasteiger partial charge in [0.2, 0.25) is 0 Å². The van der Waals surface area contributed by atoms with E-state index in [2.05, 4.69) is 0 Å². The van der Waals surface area contributed by atoms with E-state index in [1.807, 2.05) is 0 Å². The van der Waals surface area contributed by atoms with Crippen LogP contribution >= 0.6 is 0 Å². The molecule has 0 spiro atoms. The third kappa shape index (κ3) is 2.63. The maximum absolute atomic E-state index is 12.2. The van der Waals surface area contributed by atoms with Crippen LogP contribution in [0.5, 0.6) is 0 Å². The fourth-order valence-electron chi connectivity index (χ4n) is 3.16. The Morgan fingerprint density at radius 3 is 1.42 bits per heavy atom. The van der Waals surface area contributed by atoms with Gasteiger partial charge < -0.3 is 9.47 Å². The molecule has 0 atom stereocenters. The van der Waals surface area contributed by atoms with Crippen molar-refractivity contribution in [3.63, 3.8) is 0 Å². The smallest absolute Gasteiger partial charge is 0.323 e. The highest BCUT2D eigenvalue weighted by atomic mass is 16.6. The average Bonchev–Trinajstić information content (AvgIpc) is 2.81. The second-order valence-corrected chi connectivity index (χ2v) is 6.21. The molecule has 0 bridgehead atoms. The molecule has 0 amide bonds. The Bertz CT molecular complexity index is 328. The Labute approximate surface area is 113 Å². The van der Waals surface area contributed by atoms with Crippen molar-refractivity contribution >= 4 is 11.9 Å². The van der Waals surface area contributed by atoms with Crippen molar-refractivity contribution in [2.24, 2.45) is 5.41 Å². The summed E-state index contributed by atoms with van der Waals surface area (Å²) in [5.74, 6) is -0.662. The Morgan fingerprint density at radius 2 is 1.11 bits per heavy atom. The Balaban J connectivity index is 1.55. The van der Waals surface area contributed by atoms with Crippen molar-refractivity contribution in [3.05, 3.63) is 0 Å². The molecule has 4 heteroatoms. The standard InChI is InChI=1S/C15H22O4/c16-13(18-11-5-1-2-6-11)15(9-10-15)14(17)19-12-7-3-4-8-12/h11-12H,1-10H2. The molecule has 106 valence electrons. The van der Waals surface area contributed by atoms with Gasteiger partial charge in [0.1, 0.15) is 12.2 Å². The van der Waals surface area contributed by atoms with Gasteiger partial charge in [0, 0.05) is 0 Å². The summed E-state index contributed by atoms with van der Waals surface area (Å²) >= 11 is 0. The lowest BCUT2D eigenvalue weighted by atomic mass is 10.1. The van der Waals surface area contributed by atoms with E-state index in [1.165, 1.54) is 0 Å². The zero-order valence-corrected chi connectivity index (χ0v) is 11.4. The maximum Gasteiger partial charge on any atom is 0.323 e. The van der Waals surface area contributed by atoms with Crippen LogP contribution in [0, 0.1) is 5.41 Å². The summed E-state index contributed by atoms with van der Waals surface area (Å²) in [5, 5.41) is 0. The van der Waals surface area contributed by atoms with E-state index in [0.717, 1.165) is 51.4 Å². The third-order valence-corrected chi connectivity index (χ3v) is 4.68. The highest BCUT2D eigenvalue weighted by Crippen LogP contribution is 2.49. The number of carbonyl (C=O) groups is 2. The van der Waals surface area contributed by atoms with Gasteiger partial charge in [0.15, 0.2) is 5.41 Å². The number of hydrogen-bond acceptors (Lipinski definition) is 4. The minimum atomic E-state index is -0.939. The molecule has 4 nitrogen and oxygen atoms in total. The second kappa shape index (κ2) is 5.14. The molecular formula is C15H22O4. The molecule has 0 aliphatic heterocycles. The molecule has 3 saturated carbocycles. The topological polar surface area (TPSA) is 52.6 Å². The quantitative estimate of drug-likeness (QED) is 0.580. The SMILES string of the molecule is O=C(OC1CCCC1)C1(C(=O)OC2CCCC2)CC1. The average molecular weight is 266 g/mol. The number of ether oxygens (including phenoxy) is 2. The lowest BCUT2D eigenvalue weighted by Crippen LogP contribution is -2.33. The lowest BCUT2D eigenvalue weighted by Gasteiger charge is -2.19. The molecule has 0 aromatic carbocycles. The van der Waals surface area contributed by atoms with E-state index < -0.39 is 5.41 Å². The largest absolute Gasteiger partial charge is 0.462 e. The first-order valence-electron chi connectivity index (χ1n) is 7.63. The van der Waals surface area contributed by atoms with E-state index >= 15 is 0 Å². The molecular weight excluding hydrogens is 244 g/mol. The van der Waals surface area contributed by atoms with Gasteiger partial charge >= 0.3 is 11.9 Å². The molecule has 19 heavy (non-hydrogen) atoms. The van der Waals surface area contributed by atoms with Crippen LogP contribution in [0.3, 0.4) is 0 Å². The molecule has 0 heterocycles. The van der Waals surface area contributed by atoms with Gasteiger partial charge in [-0.2, -0.15) is 0 Å². The van der Waals surface area contributed by atoms with Crippen LogP contribution < -0.4 is 0 Å². The monoisotopic (exact) mass is 266 g/mol. The van der Waals surface area contributed by atoms with Crippen molar-refractivity contribution in [1.29, 1.82) is 0 Å². The van der Waals surface area contributed by atoms with E-state index in [-0.39, 0.29) is 24.1 Å². The Kier molecular flexibility index (Phi) is 3.50. The summed E-state index contributed by atoms with van der Waals surface area (Å²) in [6, 6.07) is 0. The van der Waals surface area contributed by atoms with Crippen LogP contribution in [0.25, 0.3) is 0 Å². The van der Waals surface area contributed by atoms with E-state index in [1.54, 1.807) is 0 Å². The third-order valence-electron chi connectivity index (χ3n) is 4.68. The highest BCUT2D eigenvalue weighted by Gasteiger charge is 2.60. The predicted octanol–water partition coefficient (Wildman–Crippen LogP) is 2.74. The van der Waals surface area contributed by atoms with Crippen LogP contribution in [-0.4, -0.2) is 24.1 Å². The molecule has 3 aliphatic rings. The van der Waals surface area contributed by atoms with E-state index in [9.17, 15) is 9.59 Å². The summed E-state index contributed by atoms with van der Waals surface area (Å²) in [5.41, 5.74) is -0.939. The van der Waals surface area contributed by atoms with E-state index in [4.69, 9.17) is 9.47 Å². The maximum atomic E-state index is 12.2. The van der Waals surface area contributed by atoms with Gasteiger partial charge in [-0.1, -0.05) is 0 Å². The Hall–Kier alpha value is -1.06. The van der Waals surface area contributed by atoms with Gasteiger partial charge in [0.05, 0.1) is 0 Å². The summed E-state index contributed by atoms with van der Waals surface area (Å²) in [4.78, 5) is 24.4. The molecule has 0 saturated heterocycles. The summed E-state index contributed by atoms with van der Waals surface area (Å²) < 4.78 is 11.0. The lowest BCUT2D eigenvalue weighted by molar-refractivity contribution is -0.170. The first kappa shape index (κ1) is 12.9. The molecule has 0 N–H and O–H groups in total. The van der Waals surface area contributed by atoms with Gasteiger partial charge in [-0.15, -0.1) is 0 Å². The minimum Gasteiger partial charge on any atom is -0.462 e. The van der Waals surface area contributed by atoms with Crippen LogP contribution in [0.15, 0.2) is 0 Å². The van der Waals surface area contributed by atoms with Crippen molar-refractivity contribution < 1.29 is 19.1 Å². The zero-order valence-electron chi connectivity index (χ0n) is 11.4. The molecule has 3 aliphatic carbocycles. The van der Waals surface area contributed by atoms with Gasteiger partial charge in [-0.3, -0.25) is 9.59 Å². The number of hydrogen-bond donors (Lipinski definition) is 0. The fourth-order valence-corrected chi connectivity index (χ4v) is 3.16. The Morgan fingerprint density at radius 1 is 0.737 bits per heavy atom. The summed E-state index contributed by atoms with van der Waals surface area (Å²) in [7, 11) is 0. The zero-order chi connectivity index (χ0) is 13.3. The molecule has 0 radical (unpaired) electrons. The van der Waals surface area contributed by atoms with Crippen molar-refractivity contribution in [2.45, 2.75) is 76.4 Å². The fraction of sp³-hybridized carbons (Fsp3) is 0.867. The summed E-state index contributed by atoms with van der Waals surface area (Å²) in [6.07, 6.45) is 9.53. The van der Waals surface area contributed by atoms with Gasteiger partial charge in [0.25, 0.3) is 0 Å². The van der Waals surface area contributed by atoms with Crippen LogP contribution in [-0.2, 0) is 19.1 Å². The van der Waals surface area contributed by atoms with Crippen molar-refractivity contribution in [2.75, 3.05) is 0 Å². The molecule has 3 rings (SSSR count). The van der Waals surface area contributed by atoms with Crippen LogP contribution in [0.2, 0.25) is 0 Å². The van der Waals surface area contributed by atoms with Crippen molar-refractivity contribution in [3.8, 4) is 0 Å². The van der Waals surface area contributed by atoms with Gasteiger partial charge in [-0.05, 0) is 64.2 Å². The normalized spacial score (nSPS) is 26.3. The predicted molar refractivity (Wildman–Crippen MR) is 68.4 cm³/mol. The van der Waals surface area contributed by atoms with Crippen LogP contribution in [0.1, 0.15) is 64.2 Å². The van der Waals surface area contributed by atoms with E-state index in [0.29, 0.717) is 12.8 Å². The number of esters is 2. The summed E-state index contributed by atoms with van der Waals surface area (Å²) in [6.45, 7) is 0. The van der Waals surface area contributed by atoms with Crippen LogP contribution in [0.4, 0.5) is 0 Å². The molecule has 0 aromatic heterocycles. The second-order valence-electron chi connectivity index (χ2n) is 6.21. The van der Waals surface area contributed by atoms with Gasteiger partial charge in [-0.25, -0.2) is 0 Å². The molecule has 0 aromatic rings. The highest BCUT2D eigenvalue weighted by molar-refractivity contribution is 6.03.